The third-order valence-corrected chi connectivity index (χ3v) is 3.30. The molecular weight excluding hydrogens is 325 g/mol. The van der Waals surface area contributed by atoms with Gasteiger partial charge in [0.05, 0.1) is 6.04 Å². The van der Waals surface area contributed by atoms with Crippen molar-refractivity contribution in [3.8, 4) is 5.75 Å². The van der Waals surface area contributed by atoms with Gasteiger partial charge in [0.25, 0.3) is 5.92 Å². The zero-order chi connectivity index (χ0) is 17.3. The Bertz CT molecular complexity index is 562. The van der Waals surface area contributed by atoms with Crippen molar-refractivity contribution in [2.45, 2.75) is 24.7 Å². The second-order valence-corrected chi connectivity index (χ2v) is 5.07. The summed E-state index contributed by atoms with van der Waals surface area (Å²) in [6, 6.07) is 2.36. The number of amides is 2. The van der Waals surface area contributed by atoms with Crippen LogP contribution in [0.15, 0.2) is 24.3 Å². The van der Waals surface area contributed by atoms with E-state index >= 15 is 0 Å². The molecule has 0 aromatic heterocycles. The van der Waals surface area contributed by atoms with Crippen molar-refractivity contribution in [2.75, 3.05) is 18.4 Å². The molecule has 2 amide bonds. The summed E-state index contributed by atoms with van der Waals surface area (Å²) in [7, 11) is 0. The molecule has 1 aliphatic rings. The van der Waals surface area contributed by atoms with Crippen LogP contribution in [0, 0.1) is 0 Å². The molecule has 1 fully saturated rings. The Morgan fingerprint density at radius 2 is 1.91 bits per heavy atom. The van der Waals surface area contributed by atoms with Crippen molar-refractivity contribution in [1.82, 2.24) is 4.90 Å². The molecule has 1 aliphatic heterocycles. The topological polar surface area (TPSA) is 67.6 Å². The molecule has 0 aliphatic carbocycles. The van der Waals surface area contributed by atoms with Gasteiger partial charge in [-0.05, 0) is 24.3 Å². The number of nitrogens with zero attached hydrogens (tertiary/aromatic N) is 1. The van der Waals surface area contributed by atoms with Gasteiger partial charge in [0.2, 0.25) is 0 Å². The largest absolute Gasteiger partial charge is 0.573 e. The average molecular weight is 339 g/mol. The molecule has 1 heterocycles. The van der Waals surface area contributed by atoms with Crippen molar-refractivity contribution in [3.05, 3.63) is 24.3 Å². The second-order valence-electron chi connectivity index (χ2n) is 5.07. The van der Waals surface area contributed by atoms with E-state index in [0.717, 1.165) is 17.0 Å². The highest BCUT2D eigenvalue weighted by Gasteiger charge is 2.43. The summed E-state index contributed by atoms with van der Waals surface area (Å²) in [4.78, 5) is 13.1. The first kappa shape index (κ1) is 17.3. The molecule has 0 spiro atoms. The van der Waals surface area contributed by atoms with E-state index < -0.39 is 36.5 Å². The van der Waals surface area contributed by atoms with Crippen LogP contribution in [0.5, 0.6) is 5.75 Å². The number of piperidine rings is 1. The highest BCUT2D eigenvalue weighted by molar-refractivity contribution is 5.89. The first-order chi connectivity index (χ1) is 10.6. The number of alkyl halides is 5. The standard InChI is InChI=1S/C13H14F5N3O2/c14-12(15)5-6-21(7-10(12)19)11(22)20-8-1-3-9(4-2-8)23-13(16,17)18/h1-4,10H,5-7,19H2,(H,20,22). The van der Waals surface area contributed by atoms with Gasteiger partial charge in [0.15, 0.2) is 0 Å². The number of halogens is 5. The van der Waals surface area contributed by atoms with Gasteiger partial charge < -0.3 is 20.7 Å². The average Bonchev–Trinajstić information content (AvgIpc) is 2.42. The maximum atomic E-state index is 13.3. The maximum Gasteiger partial charge on any atom is 0.573 e. The van der Waals surface area contributed by atoms with E-state index in [0.29, 0.717) is 0 Å². The van der Waals surface area contributed by atoms with E-state index in [2.05, 4.69) is 10.1 Å². The SMILES string of the molecule is NC1CN(C(=O)Nc2ccc(OC(F)(F)F)cc2)CCC1(F)F. The zero-order valence-electron chi connectivity index (χ0n) is 11.7. The Morgan fingerprint density at radius 1 is 1.30 bits per heavy atom. The quantitative estimate of drug-likeness (QED) is 0.814. The predicted octanol–water partition coefficient (Wildman–Crippen LogP) is 2.79. The summed E-state index contributed by atoms with van der Waals surface area (Å²) in [5.41, 5.74) is 5.52. The van der Waals surface area contributed by atoms with Crippen LogP contribution in [-0.2, 0) is 0 Å². The number of anilines is 1. The summed E-state index contributed by atoms with van der Waals surface area (Å²) in [6.45, 7) is -0.476. The highest BCUT2D eigenvalue weighted by Crippen LogP contribution is 2.28. The summed E-state index contributed by atoms with van der Waals surface area (Å²) in [5, 5.41) is 2.40. The Morgan fingerprint density at radius 3 is 2.43 bits per heavy atom. The predicted molar refractivity (Wildman–Crippen MR) is 71.3 cm³/mol. The lowest BCUT2D eigenvalue weighted by Crippen LogP contribution is -2.57. The van der Waals surface area contributed by atoms with Gasteiger partial charge in [-0.1, -0.05) is 0 Å². The molecule has 1 atom stereocenters. The van der Waals surface area contributed by atoms with Crippen LogP contribution in [-0.4, -0.2) is 42.3 Å². The van der Waals surface area contributed by atoms with Crippen LogP contribution in [0.4, 0.5) is 32.4 Å². The molecule has 10 heteroatoms. The molecule has 0 radical (unpaired) electrons. The summed E-state index contributed by atoms with van der Waals surface area (Å²) < 4.78 is 66.3. The first-order valence-corrected chi connectivity index (χ1v) is 6.62. The molecule has 0 saturated carbocycles. The Hall–Kier alpha value is -2.10. The molecule has 23 heavy (non-hydrogen) atoms. The smallest absolute Gasteiger partial charge is 0.406 e. The molecule has 128 valence electrons. The molecule has 5 nitrogen and oxygen atoms in total. The van der Waals surface area contributed by atoms with E-state index in [-0.39, 0.29) is 18.8 Å². The van der Waals surface area contributed by atoms with Gasteiger partial charge in [-0.2, -0.15) is 0 Å². The normalized spacial score (nSPS) is 21.0. The Kier molecular flexibility index (Phi) is 4.64. The molecule has 2 rings (SSSR count). The number of carbonyl (C=O) groups is 1. The van der Waals surface area contributed by atoms with Crippen LogP contribution >= 0.6 is 0 Å². The molecule has 1 saturated heterocycles. The summed E-state index contributed by atoms with van der Waals surface area (Å²) >= 11 is 0. The number of rotatable bonds is 2. The van der Waals surface area contributed by atoms with E-state index in [9.17, 15) is 26.7 Å². The third kappa shape index (κ3) is 4.68. The molecule has 1 aromatic rings. The number of ether oxygens (including phenoxy) is 1. The highest BCUT2D eigenvalue weighted by atomic mass is 19.4. The maximum absolute atomic E-state index is 13.3. The third-order valence-electron chi connectivity index (χ3n) is 3.30. The lowest BCUT2D eigenvalue weighted by atomic mass is 10.0. The van der Waals surface area contributed by atoms with Gasteiger partial charge in [-0.3, -0.25) is 0 Å². The number of nitrogens with two attached hydrogens (primary N) is 1. The first-order valence-electron chi connectivity index (χ1n) is 6.62. The lowest BCUT2D eigenvalue weighted by molar-refractivity contribution is -0.274. The van der Waals surface area contributed by atoms with Gasteiger partial charge in [-0.25, -0.2) is 13.6 Å². The number of nitrogens with one attached hydrogen (secondary N) is 1. The monoisotopic (exact) mass is 339 g/mol. The van der Waals surface area contributed by atoms with E-state index in [1.807, 2.05) is 0 Å². The van der Waals surface area contributed by atoms with Crippen molar-refractivity contribution < 1.29 is 31.5 Å². The number of likely N-dealkylation sites (tertiary alicyclic amines) is 1. The molecular formula is C13H14F5N3O2. The Balaban J connectivity index is 1.93. The van der Waals surface area contributed by atoms with Crippen LogP contribution in [0.2, 0.25) is 0 Å². The van der Waals surface area contributed by atoms with Crippen molar-refractivity contribution in [2.24, 2.45) is 5.73 Å². The van der Waals surface area contributed by atoms with Crippen LogP contribution in [0.3, 0.4) is 0 Å². The fourth-order valence-corrected chi connectivity index (χ4v) is 2.06. The summed E-state index contributed by atoms with van der Waals surface area (Å²) in [6.07, 6.45) is -5.35. The number of hydrogen-bond donors (Lipinski definition) is 2. The number of hydrogen-bond acceptors (Lipinski definition) is 3. The van der Waals surface area contributed by atoms with Gasteiger partial charge in [0.1, 0.15) is 5.75 Å². The zero-order valence-corrected chi connectivity index (χ0v) is 11.7. The summed E-state index contributed by atoms with van der Waals surface area (Å²) in [5.74, 6) is -3.46. The molecule has 3 N–H and O–H groups in total. The number of urea groups is 1. The number of benzene rings is 1. The molecule has 1 unspecified atom stereocenters. The minimum atomic E-state index is -4.81. The minimum absolute atomic E-state index is 0.165. The van der Waals surface area contributed by atoms with E-state index in [1.54, 1.807) is 0 Å². The molecule has 0 bridgehead atoms. The van der Waals surface area contributed by atoms with Crippen molar-refractivity contribution in [1.29, 1.82) is 0 Å². The lowest BCUT2D eigenvalue weighted by Gasteiger charge is -2.36. The Labute approximate surface area is 128 Å². The van der Waals surface area contributed by atoms with Crippen molar-refractivity contribution >= 4 is 11.7 Å². The minimum Gasteiger partial charge on any atom is -0.406 e. The van der Waals surface area contributed by atoms with Crippen molar-refractivity contribution in [3.63, 3.8) is 0 Å². The van der Waals surface area contributed by atoms with Gasteiger partial charge in [0, 0.05) is 25.2 Å². The van der Waals surface area contributed by atoms with E-state index in [4.69, 9.17) is 5.73 Å². The fraction of sp³-hybridized carbons (Fsp3) is 0.462. The van der Waals surface area contributed by atoms with Crippen LogP contribution in [0.25, 0.3) is 0 Å². The number of carbonyl (C=O) groups excluding carboxylic acids is 1. The fourth-order valence-electron chi connectivity index (χ4n) is 2.06. The van der Waals surface area contributed by atoms with Crippen LogP contribution in [0.1, 0.15) is 6.42 Å². The molecule has 1 aromatic carbocycles. The van der Waals surface area contributed by atoms with Gasteiger partial charge in [-0.15, -0.1) is 13.2 Å². The van der Waals surface area contributed by atoms with Crippen LogP contribution < -0.4 is 15.8 Å². The van der Waals surface area contributed by atoms with E-state index in [1.165, 1.54) is 12.1 Å². The second kappa shape index (κ2) is 6.19. The van der Waals surface area contributed by atoms with Gasteiger partial charge >= 0.3 is 12.4 Å².